The number of furan rings is 1. The van der Waals surface area contributed by atoms with Crippen LogP contribution >= 0.6 is 22.7 Å². The number of hydrogen-bond acceptors (Lipinski definition) is 6. The second-order valence-electron chi connectivity index (χ2n) is 8.56. The van der Waals surface area contributed by atoms with E-state index < -0.39 is 29.9 Å². The van der Waals surface area contributed by atoms with E-state index in [1.165, 1.54) is 27.6 Å². The van der Waals surface area contributed by atoms with Gasteiger partial charge in [0.05, 0.1) is 12.0 Å². The number of Topliss-reactive ketones (excluding diaryl/α,β-unsaturated/α-hetero) is 1. The number of nitrogens with zero attached hydrogens (tertiary/aromatic N) is 1. The number of carboxylic acid groups (broad SMARTS) is 1. The van der Waals surface area contributed by atoms with Gasteiger partial charge in [-0.25, -0.2) is 4.79 Å². The highest BCUT2D eigenvalue weighted by Crippen LogP contribution is 2.55. The van der Waals surface area contributed by atoms with Gasteiger partial charge in [0, 0.05) is 21.6 Å². The number of hydrogen-bond donors (Lipinski definition) is 1. The van der Waals surface area contributed by atoms with Crippen LogP contribution in [-0.4, -0.2) is 33.7 Å². The zero-order valence-corrected chi connectivity index (χ0v) is 19.3. The van der Waals surface area contributed by atoms with Crippen LogP contribution in [0, 0.1) is 25.7 Å². The molecule has 6 nitrogen and oxygen atoms in total. The first kappa shape index (κ1) is 21.2. The molecule has 166 valence electrons. The van der Waals surface area contributed by atoms with Gasteiger partial charge in [-0.15, -0.1) is 22.7 Å². The molecule has 1 amide bonds. The lowest BCUT2D eigenvalue weighted by Crippen LogP contribution is -2.44. The molecule has 0 aromatic carbocycles. The fourth-order valence-electron chi connectivity index (χ4n) is 4.84. The minimum atomic E-state index is -1.11. The highest BCUT2D eigenvalue weighted by atomic mass is 32.1. The van der Waals surface area contributed by atoms with Gasteiger partial charge in [0.2, 0.25) is 11.7 Å². The van der Waals surface area contributed by atoms with Crippen LogP contribution in [0.3, 0.4) is 0 Å². The van der Waals surface area contributed by atoms with Crippen LogP contribution in [-0.2, 0) is 9.59 Å². The van der Waals surface area contributed by atoms with E-state index >= 15 is 0 Å². The second kappa shape index (κ2) is 8.01. The molecule has 5 rings (SSSR count). The molecule has 3 aromatic rings. The third kappa shape index (κ3) is 3.42. The predicted molar refractivity (Wildman–Crippen MR) is 121 cm³/mol. The van der Waals surface area contributed by atoms with Crippen LogP contribution < -0.4 is 0 Å². The first-order chi connectivity index (χ1) is 15.4. The van der Waals surface area contributed by atoms with E-state index in [0.29, 0.717) is 5.76 Å². The third-order valence-electron chi connectivity index (χ3n) is 6.43. The molecule has 0 radical (unpaired) electrons. The Balaban J connectivity index is 1.73. The number of carbonyl (C=O) groups excluding carboxylic acids is 2. The number of aryl methyl sites for hydroxylation is 2. The fourth-order valence-corrected chi connectivity index (χ4v) is 6.82. The Kier molecular flexibility index (Phi) is 5.29. The maximum absolute atomic E-state index is 13.9. The maximum Gasteiger partial charge on any atom is 0.327 e. The van der Waals surface area contributed by atoms with E-state index in [0.717, 1.165) is 28.2 Å². The second-order valence-corrected chi connectivity index (χ2v) is 10.5. The van der Waals surface area contributed by atoms with Crippen LogP contribution in [0.5, 0.6) is 0 Å². The number of likely N-dealkylation sites (tertiary alicyclic amines) is 1. The van der Waals surface area contributed by atoms with E-state index in [-0.39, 0.29) is 23.4 Å². The van der Waals surface area contributed by atoms with E-state index in [1.807, 2.05) is 35.9 Å². The lowest BCUT2D eigenvalue weighted by molar-refractivity contribution is -0.150. The number of amides is 1. The predicted octanol–water partition coefficient (Wildman–Crippen LogP) is 5.05. The van der Waals surface area contributed by atoms with Crippen molar-refractivity contribution in [3.8, 4) is 0 Å². The number of carboxylic acids is 1. The summed E-state index contributed by atoms with van der Waals surface area (Å²) in [5.41, 5.74) is 0.935. The normalized spacial score (nSPS) is 25.2. The molecule has 4 heterocycles. The summed E-state index contributed by atoms with van der Waals surface area (Å²) in [5.74, 6) is -2.25. The van der Waals surface area contributed by atoms with Crippen molar-refractivity contribution in [2.45, 2.75) is 44.7 Å². The molecule has 1 aliphatic heterocycles. The van der Waals surface area contributed by atoms with Crippen LogP contribution in [0.2, 0.25) is 0 Å². The van der Waals surface area contributed by atoms with Crippen molar-refractivity contribution >= 4 is 40.3 Å². The summed E-state index contributed by atoms with van der Waals surface area (Å²) in [6.45, 7) is 3.70. The van der Waals surface area contributed by atoms with Gasteiger partial charge in [-0.2, -0.15) is 0 Å². The summed E-state index contributed by atoms with van der Waals surface area (Å²) in [6, 6.07) is 7.31. The van der Waals surface area contributed by atoms with Gasteiger partial charge in [-0.05, 0) is 67.3 Å². The average Bonchev–Trinajstić information content (AvgIpc) is 3.13. The summed E-state index contributed by atoms with van der Waals surface area (Å²) in [6.07, 6.45) is 1.52. The number of aliphatic carboxylic acids is 1. The number of thiophene rings is 2. The van der Waals surface area contributed by atoms with Crippen LogP contribution in [0.15, 0.2) is 45.5 Å². The molecule has 1 aliphatic carbocycles. The van der Waals surface area contributed by atoms with Crippen molar-refractivity contribution < 1.29 is 23.9 Å². The topological polar surface area (TPSA) is 87.8 Å². The lowest BCUT2D eigenvalue weighted by Gasteiger charge is -2.29. The fraction of sp³-hybridized carbons (Fsp3) is 0.375. The Morgan fingerprint density at radius 3 is 2.38 bits per heavy atom. The molecule has 1 saturated carbocycles. The summed E-state index contributed by atoms with van der Waals surface area (Å²) in [5, 5.41) is 14.2. The largest absolute Gasteiger partial charge is 0.480 e. The number of ketones is 1. The highest BCUT2D eigenvalue weighted by Gasteiger charge is 2.60. The summed E-state index contributed by atoms with van der Waals surface area (Å²) < 4.78 is 5.68. The quantitative estimate of drug-likeness (QED) is 0.511. The smallest absolute Gasteiger partial charge is 0.327 e. The monoisotopic (exact) mass is 469 g/mol. The summed E-state index contributed by atoms with van der Waals surface area (Å²) in [4.78, 5) is 43.2. The molecule has 1 N–H and O–H groups in total. The minimum absolute atomic E-state index is 0.163. The van der Waals surface area contributed by atoms with E-state index in [2.05, 4.69) is 0 Å². The van der Waals surface area contributed by atoms with Crippen molar-refractivity contribution in [1.82, 2.24) is 4.90 Å². The average molecular weight is 470 g/mol. The summed E-state index contributed by atoms with van der Waals surface area (Å²) >= 11 is 2.89. The van der Waals surface area contributed by atoms with E-state index in [9.17, 15) is 19.5 Å². The molecule has 3 aromatic heterocycles. The van der Waals surface area contributed by atoms with Gasteiger partial charge < -0.3 is 14.4 Å². The van der Waals surface area contributed by atoms with Crippen molar-refractivity contribution in [1.29, 1.82) is 0 Å². The van der Waals surface area contributed by atoms with Crippen molar-refractivity contribution in [3.05, 3.63) is 67.9 Å². The first-order valence-corrected chi connectivity index (χ1v) is 12.4. The number of rotatable bonds is 6. The molecule has 8 heteroatoms. The van der Waals surface area contributed by atoms with Crippen molar-refractivity contribution in [2.75, 3.05) is 0 Å². The van der Waals surface area contributed by atoms with Crippen molar-refractivity contribution in [2.24, 2.45) is 11.8 Å². The van der Waals surface area contributed by atoms with E-state index in [1.54, 1.807) is 19.1 Å². The Morgan fingerprint density at radius 1 is 1.06 bits per heavy atom. The third-order valence-corrected chi connectivity index (χ3v) is 8.49. The maximum atomic E-state index is 13.9. The molecule has 0 bridgehead atoms. The zero-order valence-electron chi connectivity index (χ0n) is 17.7. The summed E-state index contributed by atoms with van der Waals surface area (Å²) in [7, 11) is 0. The Morgan fingerprint density at radius 2 is 1.84 bits per heavy atom. The standard InChI is InChI=1S/C24H23NO5S2/c1-12-9-11-32-22(12)18-17(21(26)15-8-5-13(2)30-15)19(16-4-3-10-31-16)25(20(18)24(28)29)23(27)14-6-7-14/h3-5,8-11,14,17-20H,6-7H2,1-2H3,(H,28,29). The van der Waals surface area contributed by atoms with Crippen molar-refractivity contribution in [3.63, 3.8) is 0 Å². The van der Waals surface area contributed by atoms with Crippen LogP contribution in [0.25, 0.3) is 0 Å². The Hall–Kier alpha value is -2.71. The van der Waals surface area contributed by atoms with E-state index in [4.69, 9.17) is 4.42 Å². The molecular weight excluding hydrogens is 446 g/mol. The van der Waals surface area contributed by atoms with Gasteiger partial charge in [0.1, 0.15) is 11.8 Å². The molecular formula is C24H23NO5S2. The van der Waals surface area contributed by atoms with Gasteiger partial charge in [0.25, 0.3) is 0 Å². The molecule has 0 spiro atoms. The molecule has 4 unspecified atom stereocenters. The molecule has 2 aliphatic rings. The van der Waals surface area contributed by atoms with Crippen LogP contribution in [0.4, 0.5) is 0 Å². The zero-order chi connectivity index (χ0) is 22.6. The molecule has 2 fully saturated rings. The SMILES string of the molecule is Cc1ccc(C(=O)C2C(c3sccc3C)C(C(=O)O)N(C(=O)C3CC3)C2c2cccs2)o1. The molecule has 4 atom stereocenters. The Labute approximate surface area is 193 Å². The van der Waals surface area contributed by atoms with Crippen LogP contribution in [0.1, 0.15) is 56.4 Å². The molecule has 1 saturated heterocycles. The lowest BCUT2D eigenvalue weighted by atomic mass is 9.80. The molecule has 32 heavy (non-hydrogen) atoms. The Bertz CT molecular complexity index is 1170. The number of carbonyl (C=O) groups is 3. The van der Waals surface area contributed by atoms with Gasteiger partial charge in [-0.3, -0.25) is 9.59 Å². The van der Waals surface area contributed by atoms with Gasteiger partial charge >= 0.3 is 5.97 Å². The van der Waals surface area contributed by atoms with Gasteiger partial charge in [-0.1, -0.05) is 6.07 Å². The first-order valence-electron chi connectivity index (χ1n) is 10.6. The van der Waals surface area contributed by atoms with Gasteiger partial charge in [0.15, 0.2) is 5.76 Å². The highest BCUT2D eigenvalue weighted by molar-refractivity contribution is 7.10. The minimum Gasteiger partial charge on any atom is -0.480 e.